The molecular weight excluding hydrogens is 226 g/mol. The van der Waals surface area contributed by atoms with Crippen LogP contribution in [0, 0.1) is 12.8 Å². The van der Waals surface area contributed by atoms with E-state index in [4.69, 9.17) is 0 Å². The van der Waals surface area contributed by atoms with Crippen molar-refractivity contribution in [3.05, 3.63) is 29.6 Å². The lowest BCUT2D eigenvalue weighted by atomic mass is 10.2. The zero-order valence-electron chi connectivity index (χ0n) is 11.5. The fraction of sp³-hybridized carbons (Fsp3) is 0.571. The molecule has 0 unspecified atom stereocenters. The molecule has 1 aromatic heterocycles. The van der Waals surface area contributed by atoms with Crippen LogP contribution < -0.4 is 10.6 Å². The summed E-state index contributed by atoms with van der Waals surface area (Å²) in [6.07, 6.45) is 2.38. The maximum Gasteiger partial charge on any atom is 0.221 e. The Morgan fingerprint density at radius 3 is 2.78 bits per heavy atom. The molecule has 4 heteroatoms. The second-order valence-corrected chi connectivity index (χ2v) is 4.93. The van der Waals surface area contributed by atoms with Gasteiger partial charge in [0.05, 0.1) is 0 Å². The Hall–Kier alpha value is -1.42. The molecule has 0 saturated heterocycles. The third-order valence-electron chi connectivity index (χ3n) is 2.54. The van der Waals surface area contributed by atoms with Gasteiger partial charge in [0.25, 0.3) is 0 Å². The number of amides is 1. The molecule has 0 saturated carbocycles. The monoisotopic (exact) mass is 249 g/mol. The molecule has 4 nitrogen and oxygen atoms in total. The first kappa shape index (κ1) is 14.6. The summed E-state index contributed by atoms with van der Waals surface area (Å²) in [7, 11) is 0. The van der Waals surface area contributed by atoms with Gasteiger partial charge in [-0.3, -0.25) is 9.78 Å². The van der Waals surface area contributed by atoms with Gasteiger partial charge in [0, 0.05) is 37.9 Å². The molecule has 0 bridgehead atoms. The standard InChI is InChI=1S/C14H23N3O/c1-11(2)8-17-14(18)6-7-15-9-13-5-4-12(3)16-10-13/h4-5,10-11,15H,6-9H2,1-3H3,(H,17,18). The number of hydrogen-bond donors (Lipinski definition) is 2. The minimum absolute atomic E-state index is 0.109. The third-order valence-corrected chi connectivity index (χ3v) is 2.54. The lowest BCUT2D eigenvalue weighted by molar-refractivity contribution is -0.121. The summed E-state index contributed by atoms with van der Waals surface area (Å²) >= 11 is 0. The zero-order chi connectivity index (χ0) is 13.4. The predicted octanol–water partition coefficient (Wildman–Crippen LogP) is 1.64. The third kappa shape index (κ3) is 6.35. The van der Waals surface area contributed by atoms with Crippen molar-refractivity contribution in [3.63, 3.8) is 0 Å². The summed E-state index contributed by atoms with van der Waals surface area (Å²) < 4.78 is 0. The Bertz CT molecular complexity index is 360. The van der Waals surface area contributed by atoms with Gasteiger partial charge < -0.3 is 10.6 Å². The maximum absolute atomic E-state index is 11.4. The summed E-state index contributed by atoms with van der Waals surface area (Å²) in [5.74, 6) is 0.610. The molecule has 100 valence electrons. The first-order chi connectivity index (χ1) is 8.58. The smallest absolute Gasteiger partial charge is 0.221 e. The normalized spacial score (nSPS) is 10.7. The number of nitrogens with one attached hydrogen (secondary N) is 2. The maximum atomic E-state index is 11.4. The van der Waals surface area contributed by atoms with E-state index >= 15 is 0 Å². The minimum atomic E-state index is 0.109. The molecule has 1 aromatic rings. The quantitative estimate of drug-likeness (QED) is 0.722. The molecule has 0 fully saturated rings. The van der Waals surface area contributed by atoms with Gasteiger partial charge in [-0.05, 0) is 24.5 Å². The summed E-state index contributed by atoms with van der Waals surface area (Å²) in [5, 5.41) is 6.14. The van der Waals surface area contributed by atoms with Crippen LogP contribution in [0.15, 0.2) is 18.3 Å². The number of nitrogens with zero attached hydrogens (tertiary/aromatic N) is 1. The van der Waals surface area contributed by atoms with Crippen LogP contribution in [0.1, 0.15) is 31.5 Å². The number of carbonyl (C=O) groups is 1. The molecule has 1 heterocycles. The van der Waals surface area contributed by atoms with Crippen molar-refractivity contribution < 1.29 is 4.79 Å². The van der Waals surface area contributed by atoms with Gasteiger partial charge in [-0.2, -0.15) is 0 Å². The van der Waals surface area contributed by atoms with Gasteiger partial charge in [0.2, 0.25) is 5.91 Å². The van der Waals surface area contributed by atoms with E-state index in [9.17, 15) is 4.79 Å². The van der Waals surface area contributed by atoms with E-state index in [1.54, 1.807) is 0 Å². The largest absolute Gasteiger partial charge is 0.356 e. The fourth-order valence-electron chi connectivity index (χ4n) is 1.44. The highest BCUT2D eigenvalue weighted by molar-refractivity contribution is 5.76. The molecule has 1 rings (SSSR count). The van der Waals surface area contributed by atoms with Crippen LogP contribution in [0.4, 0.5) is 0 Å². The van der Waals surface area contributed by atoms with Gasteiger partial charge in [-0.15, -0.1) is 0 Å². The van der Waals surface area contributed by atoms with E-state index in [1.807, 2.05) is 25.3 Å². The number of aromatic nitrogens is 1. The predicted molar refractivity (Wildman–Crippen MR) is 73.1 cm³/mol. The summed E-state index contributed by atoms with van der Waals surface area (Å²) in [4.78, 5) is 15.7. The van der Waals surface area contributed by atoms with Crippen molar-refractivity contribution in [2.45, 2.75) is 33.7 Å². The first-order valence-electron chi connectivity index (χ1n) is 6.47. The number of carbonyl (C=O) groups excluding carboxylic acids is 1. The van der Waals surface area contributed by atoms with Crippen LogP contribution in [-0.4, -0.2) is 24.0 Å². The molecule has 0 radical (unpaired) electrons. The molecular formula is C14H23N3O. The zero-order valence-corrected chi connectivity index (χ0v) is 11.5. The van der Waals surface area contributed by atoms with Crippen LogP contribution >= 0.6 is 0 Å². The highest BCUT2D eigenvalue weighted by Gasteiger charge is 2.01. The van der Waals surface area contributed by atoms with Crippen LogP contribution in [0.2, 0.25) is 0 Å². The van der Waals surface area contributed by atoms with E-state index < -0.39 is 0 Å². The Labute approximate surface area is 109 Å². The van der Waals surface area contributed by atoms with E-state index in [-0.39, 0.29) is 5.91 Å². The molecule has 18 heavy (non-hydrogen) atoms. The second kappa shape index (κ2) is 7.82. The average molecular weight is 249 g/mol. The molecule has 0 aromatic carbocycles. The van der Waals surface area contributed by atoms with E-state index in [2.05, 4.69) is 29.5 Å². The van der Waals surface area contributed by atoms with Crippen molar-refractivity contribution in [1.82, 2.24) is 15.6 Å². The molecule has 0 aliphatic carbocycles. The molecule has 0 spiro atoms. The highest BCUT2D eigenvalue weighted by atomic mass is 16.1. The van der Waals surface area contributed by atoms with Crippen LogP contribution in [-0.2, 0) is 11.3 Å². The molecule has 0 atom stereocenters. The number of aryl methyl sites for hydroxylation is 1. The van der Waals surface area contributed by atoms with E-state index in [0.29, 0.717) is 18.9 Å². The molecule has 2 N–H and O–H groups in total. The molecule has 0 aliphatic heterocycles. The van der Waals surface area contributed by atoms with Gasteiger partial charge in [-0.1, -0.05) is 19.9 Å². The van der Waals surface area contributed by atoms with Crippen LogP contribution in [0.3, 0.4) is 0 Å². The summed E-state index contributed by atoms with van der Waals surface area (Å²) in [6.45, 7) is 8.34. The Morgan fingerprint density at radius 2 is 2.17 bits per heavy atom. The van der Waals surface area contributed by atoms with E-state index in [0.717, 1.165) is 24.3 Å². The first-order valence-corrected chi connectivity index (χ1v) is 6.47. The summed E-state index contributed by atoms with van der Waals surface area (Å²) in [6, 6.07) is 4.04. The SMILES string of the molecule is Cc1ccc(CNCCC(=O)NCC(C)C)cn1. The second-order valence-electron chi connectivity index (χ2n) is 4.93. The van der Waals surface area contributed by atoms with E-state index in [1.165, 1.54) is 0 Å². The highest BCUT2D eigenvalue weighted by Crippen LogP contribution is 1.98. The van der Waals surface area contributed by atoms with Crippen molar-refractivity contribution in [3.8, 4) is 0 Å². The van der Waals surface area contributed by atoms with Crippen LogP contribution in [0.25, 0.3) is 0 Å². The number of rotatable bonds is 7. The van der Waals surface area contributed by atoms with Crippen molar-refractivity contribution in [2.24, 2.45) is 5.92 Å². The molecule has 1 amide bonds. The van der Waals surface area contributed by atoms with Gasteiger partial charge in [-0.25, -0.2) is 0 Å². The minimum Gasteiger partial charge on any atom is -0.356 e. The van der Waals surface area contributed by atoms with Crippen molar-refractivity contribution in [2.75, 3.05) is 13.1 Å². The van der Waals surface area contributed by atoms with Gasteiger partial charge in [0.1, 0.15) is 0 Å². The van der Waals surface area contributed by atoms with Crippen LogP contribution in [0.5, 0.6) is 0 Å². The topological polar surface area (TPSA) is 54.0 Å². The molecule has 0 aliphatic rings. The number of pyridine rings is 1. The number of hydrogen-bond acceptors (Lipinski definition) is 3. The lowest BCUT2D eigenvalue weighted by Gasteiger charge is -2.08. The summed E-state index contributed by atoms with van der Waals surface area (Å²) in [5.41, 5.74) is 2.16. The Morgan fingerprint density at radius 1 is 1.39 bits per heavy atom. The average Bonchev–Trinajstić information content (AvgIpc) is 2.34. The lowest BCUT2D eigenvalue weighted by Crippen LogP contribution is -2.30. The Kier molecular flexibility index (Phi) is 6.36. The van der Waals surface area contributed by atoms with Crippen molar-refractivity contribution >= 4 is 5.91 Å². The van der Waals surface area contributed by atoms with Gasteiger partial charge in [0.15, 0.2) is 0 Å². The fourth-order valence-corrected chi connectivity index (χ4v) is 1.44. The van der Waals surface area contributed by atoms with Gasteiger partial charge >= 0.3 is 0 Å². The van der Waals surface area contributed by atoms with Crippen molar-refractivity contribution in [1.29, 1.82) is 0 Å². The Balaban J connectivity index is 2.11.